The molecule has 0 aromatic heterocycles. The number of nitrogens with one attached hydrogen (secondary N) is 2. The second kappa shape index (κ2) is 5.82. The highest BCUT2D eigenvalue weighted by molar-refractivity contribution is 5.94. The van der Waals surface area contributed by atoms with Crippen LogP contribution in [0.3, 0.4) is 0 Å². The highest BCUT2D eigenvalue weighted by atomic mass is 19.1. The number of hydroxylamine groups is 1. The average molecular weight is 226 g/mol. The van der Waals surface area contributed by atoms with Crippen molar-refractivity contribution >= 4 is 11.8 Å². The lowest BCUT2D eigenvalue weighted by molar-refractivity contribution is -0.129. The van der Waals surface area contributed by atoms with Gasteiger partial charge in [-0.1, -0.05) is 12.1 Å². The lowest BCUT2D eigenvalue weighted by Crippen LogP contribution is -2.29. The summed E-state index contributed by atoms with van der Waals surface area (Å²) >= 11 is 0. The highest BCUT2D eigenvalue weighted by Crippen LogP contribution is 2.05. The standard InChI is InChI=1S/C10H11FN2O3/c11-8-4-2-1-3-7(8)10(15)12-6-5-9(14)13-16/h1-4,16H,5-6H2,(H,12,15)(H,13,14). The summed E-state index contributed by atoms with van der Waals surface area (Å²) < 4.78 is 13.1. The first kappa shape index (κ1) is 12.1. The first-order valence-corrected chi connectivity index (χ1v) is 4.61. The van der Waals surface area contributed by atoms with Gasteiger partial charge in [0.25, 0.3) is 5.91 Å². The van der Waals surface area contributed by atoms with Crippen LogP contribution in [0, 0.1) is 5.82 Å². The van der Waals surface area contributed by atoms with Crippen LogP contribution in [0.1, 0.15) is 16.8 Å². The molecule has 0 aliphatic heterocycles. The van der Waals surface area contributed by atoms with Gasteiger partial charge < -0.3 is 5.32 Å². The summed E-state index contributed by atoms with van der Waals surface area (Å²) in [5.41, 5.74) is 1.35. The van der Waals surface area contributed by atoms with Crippen LogP contribution in [-0.4, -0.2) is 23.6 Å². The van der Waals surface area contributed by atoms with Gasteiger partial charge in [-0.2, -0.15) is 0 Å². The fourth-order valence-corrected chi connectivity index (χ4v) is 1.09. The molecule has 0 unspecified atom stereocenters. The molecule has 1 rings (SSSR count). The topological polar surface area (TPSA) is 78.4 Å². The van der Waals surface area contributed by atoms with Crippen molar-refractivity contribution in [3.8, 4) is 0 Å². The van der Waals surface area contributed by atoms with E-state index in [1.165, 1.54) is 23.7 Å². The van der Waals surface area contributed by atoms with E-state index in [1.54, 1.807) is 6.07 Å². The molecule has 0 fully saturated rings. The first-order chi connectivity index (χ1) is 7.65. The molecule has 0 saturated carbocycles. The number of hydrogen-bond donors (Lipinski definition) is 3. The molecular formula is C10H11FN2O3. The molecule has 16 heavy (non-hydrogen) atoms. The normalized spacial score (nSPS) is 9.62. The van der Waals surface area contributed by atoms with Crippen molar-refractivity contribution < 1.29 is 19.2 Å². The lowest BCUT2D eigenvalue weighted by atomic mass is 10.2. The van der Waals surface area contributed by atoms with Gasteiger partial charge in [-0.25, -0.2) is 9.87 Å². The Hall–Kier alpha value is -1.95. The van der Waals surface area contributed by atoms with Gasteiger partial charge in [-0.05, 0) is 12.1 Å². The third-order valence-electron chi connectivity index (χ3n) is 1.88. The van der Waals surface area contributed by atoms with Crippen molar-refractivity contribution in [3.63, 3.8) is 0 Å². The number of amides is 2. The molecule has 0 aliphatic carbocycles. The molecule has 1 aromatic rings. The molecule has 0 atom stereocenters. The molecule has 6 heteroatoms. The minimum Gasteiger partial charge on any atom is -0.351 e. The van der Waals surface area contributed by atoms with E-state index < -0.39 is 17.6 Å². The SMILES string of the molecule is O=C(CCNC(=O)c1ccccc1F)NO. The van der Waals surface area contributed by atoms with Gasteiger partial charge in [0, 0.05) is 13.0 Å². The smallest absolute Gasteiger partial charge is 0.254 e. The van der Waals surface area contributed by atoms with Crippen LogP contribution in [0.5, 0.6) is 0 Å². The molecular weight excluding hydrogens is 215 g/mol. The van der Waals surface area contributed by atoms with E-state index in [0.29, 0.717) is 0 Å². The van der Waals surface area contributed by atoms with Crippen LogP contribution in [0.25, 0.3) is 0 Å². The van der Waals surface area contributed by atoms with Gasteiger partial charge in [-0.3, -0.25) is 14.8 Å². The van der Waals surface area contributed by atoms with Gasteiger partial charge >= 0.3 is 0 Å². The molecule has 5 nitrogen and oxygen atoms in total. The predicted molar refractivity (Wildman–Crippen MR) is 53.3 cm³/mol. The minimum absolute atomic E-state index is 0.0273. The quantitative estimate of drug-likeness (QED) is 0.515. The Morgan fingerprint density at radius 3 is 2.62 bits per heavy atom. The van der Waals surface area contributed by atoms with Crippen molar-refractivity contribution in [3.05, 3.63) is 35.6 Å². The average Bonchev–Trinajstić information content (AvgIpc) is 2.29. The Balaban J connectivity index is 2.47. The molecule has 0 bridgehead atoms. The summed E-state index contributed by atoms with van der Waals surface area (Å²) in [5, 5.41) is 10.5. The van der Waals surface area contributed by atoms with Crippen molar-refractivity contribution in [1.29, 1.82) is 0 Å². The van der Waals surface area contributed by atoms with E-state index in [2.05, 4.69) is 5.32 Å². The highest BCUT2D eigenvalue weighted by Gasteiger charge is 2.10. The third kappa shape index (κ3) is 3.32. The number of halogens is 1. The number of benzene rings is 1. The van der Waals surface area contributed by atoms with Crippen LogP contribution < -0.4 is 10.8 Å². The Kier molecular flexibility index (Phi) is 4.41. The van der Waals surface area contributed by atoms with Gasteiger partial charge in [0.2, 0.25) is 5.91 Å². The van der Waals surface area contributed by atoms with E-state index in [-0.39, 0.29) is 18.5 Å². The van der Waals surface area contributed by atoms with Crippen LogP contribution in [-0.2, 0) is 4.79 Å². The summed E-state index contributed by atoms with van der Waals surface area (Å²) in [5.74, 6) is -1.83. The molecule has 0 radical (unpaired) electrons. The predicted octanol–water partition coefficient (Wildman–Crippen LogP) is 0.451. The number of carbonyl (C=O) groups excluding carboxylic acids is 2. The van der Waals surface area contributed by atoms with Crippen LogP contribution >= 0.6 is 0 Å². The van der Waals surface area contributed by atoms with E-state index in [9.17, 15) is 14.0 Å². The monoisotopic (exact) mass is 226 g/mol. The van der Waals surface area contributed by atoms with Crippen LogP contribution in [0.2, 0.25) is 0 Å². The third-order valence-corrected chi connectivity index (χ3v) is 1.88. The van der Waals surface area contributed by atoms with Gasteiger partial charge in [-0.15, -0.1) is 0 Å². The maximum Gasteiger partial charge on any atom is 0.254 e. The summed E-state index contributed by atoms with van der Waals surface area (Å²) in [6, 6.07) is 5.54. The second-order valence-electron chi connectivity index (χ2n) is 3.02. The van der Waals surface area contributed by atoms with Crippen molar-refractivity contribution in [2.24, 2.45) is 0 Å². The fourth-order valence-electron chi connectivity index (χ4n) is 1.09. The molecule has 86 valence electrons. The lowest BCUT2D eigenvalue weighted by Gasteiger charge is -2.04. The van der Waals surface area contributed by atoms with E-state index >= 15 is 0 Å². The molecule has 0 heterocycles. The van der Waals surface area contributed by atoms with Crippen molar-refractivity contribution in [2.45, 2.75) is 6.42 Å². The Bertz CT molecular complexity index is 395. The molecule has 2 amide bonds. The van der Waals surface area contributed by atoms with Crippen molar-refractivity contribution in [2.75, 3.05) is 6.54 Å². The maximum atomic E-state index is 13.1. The van der Waals surface area contributed by atoms with Gasteiger partial charge in [0.1, 0.15) is 5.82 Å². The van der Waals surface area contributed by atoms with Gasteiger partial charge in [0.15, 0.2) is 0 Å². The molecule has 0 saturated heterocycles. The molecule has 0 spiro atoms. The number of hydrogen-bond acceptors (Lipinski definition) is 3. The Morgan fingerprint density at radius 1 is 1.31 bits per heavy atom. The summed E-state index contributed by atoms with van der Waals surface area (Å²) in [6.07, 6.45) is -0.0727. The minimum atomic E-state index is -0.619. The fraction of sp³-hybridized carbons (Fsp3) is 0.200. The summed E-state index contributed by atoms with van der Waals surface area (Å²) in [4.78, 5) is 22.0. The first-order valence-electron chi connectivity index (χ1n) is 4.61. The summed E-state index contributed by atoms with van der Waals surface area (Å²) in [7, 11) is 0. The largest absolute Gasteiger partial charge is 0.351 e. The van der Waals surface area contributed by atoms with Gasteiger partial charge in [0.05, 0.1) is 5.56 Å². The summed E-state index contributed by atoms with van der Waals surface area (Å²) in [6.45, 7) is 0.0273. The van der Waals surface area contributed by atoms with Crippen LogP contribution in [0.4, 0.5) is 4.39 Å². The maximum absolute atomic E-state index is 13.1. The van der Waals surface area contributed by atoms with Crippen molar-refractivity contribution in [1.82, 2.24) is 10.8 Å². The zero-order valence-corrected chi connectivity index (χ0v) is 8.37. The van der Waals surface area contributed by atoms with E-state index in [1.807, 2.05) is 0 Å². The van der Waals surface area contributed by atoms with E-state index in [0.717, 1.165) is 0 Å². The number of carbonyl (C=O) groups is 2. The zero-order valence-electron chi connectivity index (χ0n) is 8.37. The molecule has 1 aromatic carbocycles. The number of rotatable bonds is 4. The second-order valence-corrected chi connectivity index (χ2v) is 3.02. The van der Waals surface area contributed by atoms with E-state index in [4.69, 9.17) is 5.21 Å². The Morgan fingerprint density at radius 2 is 2.00 bits per heavy atom. The zero-order chi connectivity index (χ0) is 12.0. The molecule has 3 N–H and O–H groups in total. The molecule has 0 aliphatic rings. The van der Waals surface area contributed by atoms with Crippen LogP contribution in [0.15, 0.2) is 24.3 Å². The Labute approximate surface area is 91.2 Å².